The van der Waals surface area contributed by atoms with E-state index in [1.165, 1.54) is 4.68 Å². The fraction of sp³-hybridized carbons (Fsp3) is 0.333. The normalized spacial score (nSPS) is 10.7. The number of carbonyl (C=O) groups is 1. The molecule has 0 N–H and O–H groups in total. The van der Waals surface area contributed by atoms with Crippen molar-refractivity contribution >= 4 is 5.78 Å². The Balaban J connectivity index is 2.83. The molecule has 1 heterocycles. The summed E-state index contributed by atoms with van der Waals surface area (Å²) in [5.41, 5.74) is -0.472. The number of Topliss-reactive ketones (excluding diaryl/α,β-unsaturated/α-hetero) is 1. The molecule has 0 aliphatic rings. The van der Waals surface area contributed by atoms with E-state index in [1.807, 2.05) is 0 Å². The Morgan fingerprint density at radius 2 is 2.27 bits per heavy atom. The average molecular weight is 216 g/mol. The molecule has 0 amide bonds. The number of ketones is 1. The zero-order valence-electron chi connectivity index (χ0n) is 7.80. The fourth-order valence-electron chi connectivity index (χ4n) is 0.891. The second-order valence-electron chi connectivity index (χ2n) is 2.68. The number of aromatic nitrogens is 2. The third-order valence-electron chi connectivity index (χ3n) is 1.57. The Hall–Kier alpha value is -1.77. The zero-order chi connectivity index (χ0) is 11.5. The number of rotatable bonds is 2. The van der Waals surface area contributed by atoms with Crippen LogP contribution in [0.15, 0.2) is 12.4 Å². The van der Waals surface area contributed by atoms with Crippen LogP contribution in [0.5, 0.6) is 0 Å². The minimum atomic E-state index is -4.86. The molecule has 0 saturated carbocycles. The van der Waals surface area contributed by atoms with Gasteiger partial charge in [-0.25, -0.2) is 0 Å². The molecule has 0 atom stereocenters. The lowest BCUT2D eigenvalue weighted by atomic mass is 10.2. The minimum absolute atomic E-state index is 0.168. The number of halogens is 3. The average Bonchev–Trinajstić information content (AvgIpc) is 2.60. The molecule has 0 aliphatic heterocycles. The van der Waals surface area contributed by atoms with Crippen molar-refractivity contribution in [3.8, 4) is 11.8 Å². The van der Waals surface area contributed by atoms with Crippen LogP contribution in [0.25, 0.3) is 0 Å². The molecular weight excluding hydrogens is 209 g/mol. The zero-order valence-corrected chi connectivity index (χ0v) is 7.80. The van der Waals surface area contributed by atoms with Crippen molar-refractivity contribution in [1.29, 1.82) is 0 Å². The van der Waals surface area contributed by atoms with Gasteiger partial charge in [-0.3, -0.25) is 9.48 Å². The Morgan fingerprint density at radius 3 is 2.80 bits per heavy atom. The molecule has 80 valence electrons. The van der Waals surface area contributed by atoms with Crippen molar-refractivity contribution in [1.82, 2.24) is 9.78 Å². The van der Waals surface area contributed by atoms with Crippen LogP contribution in [0.3, 0.4) is 0 Å². The lowest BCUT2D eigenvalue weighted by Crippen LogP contribution is -2.22. The summed E-state index contributed by atoms with van der Waals surface area (Å²) in [6.45, 7) is 1.77. The Kier molecular flexibility index (Phi) is 3.14. The maximum atomic E-state index is 12.0. The fourth-order valence-corrected chi connectivity index (χ4v) is 0.891. The van der Waals surface area contributed by atoms with Crippen LogP contribution in [-0.2, 0) is 6.54 Å². The van der Waals surface area contributed by atoms with E-state index in [2.05, 4.69) is 16.9 Å². The molecule has 0 radical (unpaired) electrons. The van der Waals surface area contributed by atoms with Gasteiger partial charge in [0, 0.05) is 6.20 Å². The lowest BCUT2D eigenvalue weighted by Gasteiger charge is -2.00. The van der Waals surface area contributed by atoms with E-state index in [-0.39, 0.29) is 6.54 Å². The predicted molar refractivity (Wildman–Crippen MR) is 46.1 cm³/mol. The molecule has 0 unspecified atom stereocenters. The van der Waals surface area contributed by atoms with E-state index in [0.29, 0.717) is 0 Å². The van der Waals surface area contributed by atoms with Gasteiger partial charge in [0.2, 0.25) is 0 Å². The van der Waals surface area contributed by atoms with Crippen LogP contribution in [0.1, 0.15) is 17.3 Å². The third-order valence-corrected chi connectivity index (χ3v) is 1.57. The SMILES string of the molecule is CC#CCn1cc(C(=O)C(F)(F)F)cn1. The number of nitrogens with zero attached hydrogens (tertiary/aromatic N) is 2. The number of hydrogen-bond acceptors (Lipinski definition) is 2. The molecule has 3 nitrogen and oxygen atoms in total. The summed E-state index contributed by atoms with van der Waals surface area (Å²) in [5, 5.41) is 3.58. The van der Waals surface area contributed by atoms with Crippen LogP contribution < -0.4 is 0 Å². The smallest absolute Gasteiger partial charge is 0.284 e. The summed E-state index contributed by atoms with van der Waals surface area (Å²) in [6, 6.07) is 0. The molecule has 6 heteroatoms. The van der Waals surface area contributed by atoms with Crippen LogP contribution in [0, 0.1) is 11.8 Å². The first-order valence-corrected chi connectivity index (χ1v) is 3.98. The highest BCUT2D eigenvalue weighted by Gasteiger charge is 2.39. The van der Waals surface area contributed by atoms with Crippen molar-refractivity contribution in [3.63, 3.8) is 0 Å². The molecule has 0 saturated heterocycles. The van der Waals surface area contributed by atoms with Gasteiger partial charge in [0.15, 0.2) is 0 Å². The standard InChI is InChI=1S/C9H7F3N2O/c1-2-3-4-14-6-7(5-13-14)8(15)9(10,11)12/h5-6H,4H2,1H3. The first-order chi connectivity index (χ1) is 6.95. The van der Waals surface area contributed by atoms with E-state index in [1.54, 1.807) is 6.92 Å². The van der Waals surface area contributed by atoms with Crippen molar-refractivity contribution in [2.45, 2.75) is 19.6 Å². The molecule has 0 aliphatic carbocycles. The molecule has 0 fully saturated rings. The van der Waals surface area contributed by atoms with Crippen LogP contribution in [0.2, 0.25) is 0 Å². The third kappa shape index (κ3) is 2.84. The van der Waals surface area contributed by atoms with E-state index >= 15 is 0 Å². The summed E-state index contributed by atoms with van der Waals surface area (Å²) in [4.78, 5) is 10.7. The van der Waals surface area contributed by atoms with Gasteiger partial charge >= 0.3 is 6.18 Å². The molecule has 0 aromatic carbocycles. The number of hydrogen-bond donors (Lipinski definition) is 0. The quantitative estimate of drug-likeness (QED) is 0.556. The van der Waals surface area contributed by atoms with Gasteiger partial charge in [-0.1, -0.05) is 5.92 Å². The summed E-state index contributed by atoms with van der Waals surface area (Å²) >= 11 is 0. The minimum Gasteiger partial charge on any atom is -0.284 e. The van der Waals surface area contributed by atoms with Gasteiger partial charge in [0.25, 0.3) is 5.78 Å². The largest absolute Gasteiger partial charge is 0.454 e. The lowest BCUT2D eigenvalue weighted by molar-refractivity contribution is -0.0885. The van der Waals surface area contributed by atoms with Crippen LogP contribution in [-0.4, -0.2) is 21.7 Å². The molecule has 0 spiro atoms. The van der Waals surface area contributed by atoms with Crippen molar-refractivity contribution in [3.05, 3.63) is 18.0 Å². The van der Waals surface area contributed by atoms with E-state index in [0.717, 1.165) is 12.4 Å². The predicted octanol–water partition coefficient (Wildman–Crippen LogP) is 1.65. The molecule has 1 aromatic rings. The topological polar surface area (TPSA) is 34.9 Å². The Labute approximate surface area is 83.9 Å². The highest BCUT2D eigenvalue weighted by atomic mass is 19.4. The Morgan fingerprint density at radius 1 is 1.60 bits per heavy atom. The molecule has 15 heavy (non-hydrogen) atoms. The summed E-state index contributed by atoms with van der Waals surface area (Å²) < 4.78 is 37.1. The highest BCUT2D eigenvalue weighted by Crippen LogP contribution is 2.20. The van der Waals surface area contributed by atoms with E-state index < -0.39 is 17.5 Å². The summed E-state index contributed by atoms with van der Waals surface area (Å²) in [5.74, 6) is 3.29. The van der Waals surface area contributed by atoms with Crippen molar-refractivity contribution in [2.24, 2.45) is 0 Å². The van der Waals surface area contributed by atoms with Gasteiger partial charge in [0.05, 0.1) is 11.8 Å². The molecule has 1 aromatic heterocycles. The first kappa shape index (κ1) is 11.3. The van der Waals surface area contributed by atoms with Gasteiger partial charge < -0.3 is 0 Å². The molecule has 1 rings (SSSR count). The molecule has 0 bridgehead atoms. The second kappa shape index (κ2) is 4.17. The van der Waals surface area contributed by atoms with Gasteiger partial charge in [-0.05, 0) is 6.92 Å². The summed E-state index contributed by atoms with van der Waals surface area (Å²) in [7, 11) is 0. The van der Waals surface area contributed by atoms with Crippen molar-refractivity contribution in [2.75, 3.05) is 0 Å². The van der Waals surface area contributed by atoms with Crippen molar-refractivity contribution < 1.29 is 18.0 Å². The number of alkyl halides is 3. The van der Waals surface area contributed by atoms with E-state index in [4.69, 9.17) is 0 Å². The monoisotopic (exact) mass is 216 g/mol. The Bertz CT molecular complexity index is 423. The summed E-state index contributed by atoms with van der Waals surface area (Å²) in [6.07, 6.45) is -2.95. The van der Waals surface area contributed by atoms with Gasteiger partial charge in [0.1, 0.15) is 6.54 Å². The van der Waals surface area contributed by atoms with Gasteiger partial charge in [-0.2, -0.15) is 18.3 Å². The highest BCUT2D eigenvalue weighted by molar-refractivity contribution is 5.99. The van der Waals surface area contributed by atoms with Crippen LogP contribution >= 0.6 is 0 Å². The van der Waals surface area contributed by atoms with E-state index in [9.17, 15) is 18.0 Å². The number of carbonyl (C=O) groups excluding carboxylic acids is 1. The maximum absolute atomic E-state index is 12.0. The second-order valence-corrected chi connectivity index (χ2v) is 2.68. The first-order valence-electron chi connectivity index (χ1n) is 3.98. The molecular formula is C9H7F3N2O. The maximum Gasteiger partial charge on any atom is 0.454 e. The van der Waals surface area contributed by atoms with Crippen LogP contribution in [0.4, 0.5) is 13.2 Å². The van der Waals surface area contributed by atoms with Gasteiger partial charge in [-0.15, -0.1) is 5.92 Å².